The number of benzene rings is 1. The van der Waals surface area contributed by atoms with Gasteiger partial charge in [-0.2, -0.15) is 0 Å². The van der Waals surface area contributed by atoms with Crippen LogP contribution < -0.4 is 10.2 Å². The van der Waals surface area contributed by atoms with Crippen molar-refractivity contribution in [2.45, 2.75) is 38.3 Å². The second-order valence-electron chi connectivity index (χ2n) is 9.17. The van der Waals surface area contributed by atoms with Gasteiger partial charge in [-0.3, -0.25) is 24.6 Å². The highest BCUT2D eigenvalue weighted by Crippen LogP contribution is 2.35. The van der Waals surface area contributed by atoms with Crippen molar-refractivity contribution in [3.05, 3.63) is 29.1 Å². The molecule has 1 aromatic rings. The van der Waals surface area contributed by atoms with Gasteiger partial charge in [-0.25, -0.2) is 4.39 Å². The maximum Gasteiger partial charge on any atom is 0.255 e. The SMILES string of the molecule is O=C1CCC(N2Cc3c(ccc(N4CCC(CN5CCOCC5)CC4)c3F)C2=O)C(=O)N1. The van der Waals surface area contributed by atoms with E-state index in [9.17, 15) is 14.4 Å². The fraction of sp³-hybridized carbons (Fsp3) is 0.609. The molecule has 3 amide bonds. The standard InChI is InChI=1S/C23H29FN4O4/c24-21-17-14-28(19-3-4-20(29)25-22(19)30)23(31)16(17)1-2-18(21)27-7-5-15(6-8-27)13-26-9-11-32-12-10-26/h1-2,15,19H,3-14H2,(H,25,29,30). The number of nitrogens with zero attached hydrogens (tertiary/aromatic N) is 3. The van der Waals surface area contributed by atoms with Crippen molar-refractivity contribution in [2.75, 3.05) is 50.8 Å². The summed E-state index contributed by atoms with van der Waals surface area (Å²) in [5.41, 5.74) is 1.21. The fourth-order valence-corrected chi connectivity index (χ4v) is 5.34. The summed E-state index contributed by atoms with van der Waals surface area (Å²) in [6.45, 7) is 6.27. The first-order valence-electron chi connectivity index (χ1n) is 11.5. The van der Waals surface area contributed by atoms with E-state index in [1.165, 1.54) is 4.90 Å². The Kier molecular flexibility index (Phi) is 5.86. The minimum absolute atomic E-state index is 0.0631. The Morgan fingerprint density at radius 2 is 1.78 bits per heavy atom. The van der Waals surface area contributed by atoms with Gasteiger partial charge in [0, 0.05) is 50.3 Å². The molecule has 3 fully saturated rings. The number of morpholine rings is 1. The van der Waals surface area contributed by atoms with Crippen molar-refractivity contribution >= 4 is 23.4 Å². The highest BCUT2D eigenvalue weighted by Gasteiger charge is 2.41. The Morgan fingerprint density at radius 1 is 1.03 bits per heavy atom. The van der Waals surface area contributed by atoms with Crippen LogP contribution in [0.2, 0.25) is 0 Å². The molecule has 0 bridgehead atoms. The van der Waals surface area contributed by atoms with E-state index in [0.717, 1.165) is 58.8 Å². The molecule has 0 saturated carbocycles. The van der Waals surface area contributed by atoms with Crippen LogP contribution in [0.4, 0.5) is 10.1 Å². The molecule has 4 aliphatic rings. The van der Waals surface area contributed by atoms with Gasteiger partial charge in [0.25, 0.3) is 5.91 Å². The lowest BCUT2D eigenvalue weighted by atomic mass is 9.95. The summed E-state index contributed by atoms with van der Waals surface area (Å²) in [6, 6.07) is 2.65. The first-order chi connectivity index (χ1) is 15.5. The molecule has 0 aliphatic carbocycles. The summed E-state index contributed by atoms with van der Waals surface area (Å²) in [5.74, 6) is -0.917. The molecule has 0 radical (unpaired) electrons. The molecular weight excluding hydrogens is 415 g/mol. The van der Waals surface area contributed by atoms with Crippen molar-refractivity contribution in [1.82, 2.24) is 15.1 Å². The van der Waals surface area contributed by atoms with Crippen LogP contribution in [-0.2, 0) is 20.9 Å². The Balaban J connectivity index is 1.25. The van der Waals surface area contributed by atoms with Gasteiger partial charge in [-0.05, 0) is 37.3 Å². The number of rotatable bonds is 4. The van der Waals surface area contributed by atoms with Gasteiger partial charge in [0.05, 0.1) is 25.4 Å². The van der Waals surface area contributed by atoms with E-state index in [4.69, 9.17) is 4.74 Å². The smallest absolute Gasteiger partial charge is 0.255 e. The van der Waals surface area contributed by atoms with Crippen LogP contribution >= 0.6 is 0 Å². The maximum absolute atomic E-state index is 15.5. The molecular formula is C23H29FN4O4. The van der Waals surface area contributed by atoms with Crippen molar-refractivity contribution in [2.24, 2.45) is 5.92 Å². The monoisotopic (exact) mass is 444 g/mol. The van der Waals surface area contributed by atoms with E-state index in [1.807, 2.05) is 0 Å². The number of nitrogens with one attached hydrogen (secondary N) is 1. The lowest BCUT2D eigenvalue weighted by molar-refractivity contribution is -0.136. The summed E-state index contributed by atoms with van der Waals surface area (Å²) in [4.78, 5) is 42.4. The zero-order valence-corrected chi connectivity index (χ0v) is 18.1. The minimum Gasteiger partial charge on any atom is -0.379 e. The number of halogens is 1. The van der Waals surface area contributed by atoms with Gasteiger partial charge >= 0.3 is 0 Å². The summed E-state index contributed by atoms with van der Waals surface area (Å²) < 4.78 is 20.9. The molecule has 8 nitrogen and oxygen atoms in total. The number of carbonyl (C=O) groups is 3. The molecule has 9 heteroatoms. The maximum atomic E-state index is 15.5. The third-order valence-electron chi connectivity index (χ3n) is 7.20. The highest BCUT2D eigenvalue weighted by molar-refractivity contribution is 6.05. The zero-order chi connectivity index (χ0) is 22.2. The summed E-state index contributed by atoms with van der Waals surface area (Å²) in [7, 11) is 0. The Morgan fingerprint density at radius 3 is 2.50 bits per heavy atom. The van der Waals surface area contributed by atoms with Crippen LogP contribution in [0.15, 0.2) is 12.1 Å². The predicted molar refractivity (Wildman–Crippen MR) is 115 cm³/mol. The third kappa shape index (κ3) is 3.99. The minimum atomic E-state index is -0.730. The fourth-order valence-electron chi connectivity index (χ4n) is 5.34. The summed E-state index contributed by atoms with van der Waals surface area (Å²) in [5, 5.41) is 2.28. The first kappa shape index (κ1) is 21.3. The Labute approximate surface area is 186 Å². The second kappa shape index (κ2) is 8.78. The van der Waals surface area contributed by atoms with Crippen LogP contribution in [0, 0.1) is 11.7 Å². The van der Waals surface area contributed by atoms with E-state index in [2.05, 4.69) is 15.1 Å². The second-order valence-corrected chi connectivity index (χ2v) is 9.17. The Hall–Kier alpha value is -2.52. The van der Waals surface area contributed by atoms with Crippen LogP contribution in [0.5, 0.6) is 0 Å². The number of carbonyl (C=O) groups excluding carboxylic acids is 3. The molecule has 172 valence electrons. The molecule has 4 aliphatic heterocycles. The van der Waals surface area contributed by atoms with Crippen LogP contribution in [0.3, 0.4) is 0 Å². The Bertz CT molecular complexity index is 925. The number of ether oxygens (including phenoxy) is 1. The normalized spacial score (nSPS) is 25.3. The molecule has 1 unspecified atom stereocenters. The molecule has 1 N–H and O–H groups in total. The van der Waals surface area contributed by atoms with Crippen molar-refractivity contribution in [1.29, 1.82) is 0 Å². The van der Waals surface area contributed by atoms with Crippen molar-refractivity contribution in [3.63, 3.8) is 0 Å². The predicted octanol–water partition coefficient (Wildman–Crippen LogP) is 1.14. The van der Waals surface area contributed by atoms with E-state index < -0.39 is 11.9 Å². The molecule has 0 aromatic heterocycles. The molecule has 1 atom stereocenters. The number of hydrogen-bond acceptors (Lipinski definition) is 6. The number of fused-ring (bicyclic) bond motifs is 1. The van der Waals surface area contributed by atoms with E-state index >= 15 is 4.39 Å². The van der Waals surface area contributed by atoms with Crippen LogP contribution in [0.1, 0.15) is 41.6 Å². The summed E-state index contributed by atoms with van der Waals surface area (Å²) in [6.07, 6.45) is 2.48. The highest BCUT2D eigenvalue weighted by atomic mass is 19.1. The van der Waals surface area contributed by atoms with Gasteiger partial charge in [-0.15, -0.1) is 0 Å². The van der Waals surface area contributed by atoms with Gasteiger partial charge in [0.2, 0.25) is 11.8 Å². The lowest BCUT2D eigenvalue weighted by Crippen LogP contribution is -2.52. The summed E-state index contributed by atoms with van der Waals surface area (Å²) >= 11 is 0. The van der Waals surface area contributed by atoms with Gasteiger partial charge in [-0.1, -0.05) is 0 Å². The van der Waals surface area contributed by atoms with Crippen molar-refractivity contribution < 1.29 is 23.5 Å². The molecule has 3 saturated heterocycles. The molecule has 0 spiro atoms. The van der Waals surface area contributed by atoms with Gasteiger partial charge in [0.15, 0.2) is 5.82 Å². The topological polar surface area (TPSA) is 82.2 Å². The molecule has 32 heavy (non-hydrogen) atoms. The number of anilines is 1. The van der Waals surface area contributed by atoms with Gasteiger partial charge < -0.3 is 14.5 Å². The van der Waals surface area contributed by atoms with Gasteiger partial charge in [0.1, 0.15) is 6.04 Å². The lowest BCUT2D eigenvalue weighted by Gasteiger charge is -2.37. The molecule has 5 rings (SSSR count). The van der Waals surface area contributed by atoms with E-state index in [-0.39, 0.29) is 37.0 Å². The van der Waals surface area contributed by atoms with E-state index in [0.29, 0.717) is 22.7 Å². The number of imide groups is 1. The number of hydrogen-bond donors (Lipinski definition) is 1. The third-order valence-corrected chi connectivity index (χ3v) is 7.20. The average Bonchev–Trinajstić information content (AvgIpc) is 3.13. The number of amides is 3. The van der Waals surface area contributed by atoms with E-state index in [1.54, 1.807) is 12.1 Å². The van der Waals surface area contributed by atoms with Crippen LogP contribution in [-0.4, -0.2) is 79.5 Å². The van der Waals surface area contributed by atoms with Crippen molar-refractivity contribution in [3.8, 4) is 0 Å². The first-order valence-corrected chi connectivity index (χ1v) is 11.5. The zero-order valence-electron chi connectivity index (χ0n) is 18.1. The largest absolute Gasteiger partial charge is 0.379 e. The molecule has 1 aromatic carbocycles. The average molecular weight is 445 g/mol. The number of piperidine rings is 2. The molecule has 4 heterocycles. The van der Waals surface area contributed by atoms with Crippen LogP contribution in [0.25, 0.3) is 0 Å². The quantitative estimate of drug-likeness (QED) is 0.702.